The van der Waals surface area contributed by atoms with Gasteiger partial charge >= 0.3 is 5.69 Å². The van der Waals surface area contributed by atoms with Crippen molar-refractivity contribution in [3.05, 3.63) is 39.8 Å². The molecule has 1 aromatic rings. The number of benzene rings is 1. The average molecular weight is 226 g/mol. The lowest BCUT2D eigenvalue weighted by Gasteiger charge is -2.09. The minimum atomic E-state index is -0.580. The first-order valence-corrected chi connectivity index (χ1v) is 4.90. The number of hydrogen-bond acceptors (Lipinski definition) is 3. The molecule has 1 aromatic carbocycles. The van der Waals surface area contributed by atoms with Crippen molar-refractivity contribution in [3.8, 4) is 5.75 Å². The van der Waals surface area contributed by atoms with Crippen molar-refractivity contribution in [1.82, 2.24) is 0 Å². The molecule has 5 heteroatoms. The SMILES string of the molecule is CCOc1cc([C](C)CF)ccc1[N+](=O)[O-]. The van der Waals surface area contributed by atoms with Gasteiger partial charge in [0.1, 0.15) is 0 Å². The van der Waals surface area contributed by atoms with Crippen molar-refractivity contribution >= 4 is 5.69 Å². The molecule has 0 amide bonds. The highest BCUT2D eigenvalue weighted by atomic mass is 19.1. The number of alkyl halides is 1. The average Bonchev–Trinajstić information content (AvgIpc) is 2.28. The Morgan fingerprint density at radius 2 is 2.25 bits per heavy atom. The minimum absolute atomic E-state index is 0.0998. The first-order valence-electron chi connectivity index (χ1n) is 4.90. The molecule has 0 aromatic heterocycles. The van der Waals surface area contributed by atoms with E-state index in [4.69, 9.17) is 4.74 Å². The number of nitro benzene ring substituents is 1. The zero-order chi connectivity index (χ0) is 12.1. The molecule has 0 aliphatic heterocycles. The normalized spacial score (nSPS) is 10.5. The summed E-state index contributed by atoms with van der Waals surface area (Å²) in [6.45, 7) is 3.13. The molecule has 1 radical (unpaired) electrons. The van der Waals surface area contributed by atoms with Gasteiger partial charge in [0.2, 0.25) is 0 Å². The zero-order valence-electron chi connectivity index (χ0n) is 9.20. The van der Waals surface area contributed by atoms with Crippen molar-refractivity contribution in [2.75, 3.05) is 13.3 Å². The predicted molar refractivity (Wildman–Crippen MR) is 58.3 cm³/mol. The van der Waals surface area contributed by atoms with E-state index >= 15 is 0 Å². The van der Waals surface area contributed by atoms with E-state index in [-0.39, 0.29) is 11.4 Å². The molecule has 0 bridgehead atoms. The maximum atomic E-state index is 12.4. The van der Waals surface area contributed by atoms with Crippen LogP contribution in [0.4, 0.5) is 10.1 Å². The number of ether oxygens (including phenoxy) is 1. The maximum absolute atomic E-state index is 12.4. The molecule has 0 spiro atoms. The van der Waals surface area contributed by atoms with Gasteiger partial charge in [0, 0.05) is 12.0 Å². The van der Waals surface area contributed by atoms with Crippen LogP contribution in [0, 0.1) is 16.0 Å². The Balaban J connectivity index is 3.11. The summed E-state index contributed by atoms with van der Waals surface area (Å²) in [7, 11) is 0. The number of nitro groups is 1. The van der Waals surface area contributed by atoms with E-state index in [2.05, 4.69) is 0 Å². The van der Waals surface area contributed by atoms with Crippen LogP contribution < -0.4 is 4.74 Å². The van der Waals surface area contributed by atoms with Gasteiger partial charge in [-0.2, -0.15) is 0 Å². The van der Waals surface area contributed by atoms with Crippen LogP contribution in [0.3, 0.4) is 0 Å². The molecular weight excluding hydrogens is 213 g/mol. The van der Waals surface area contributed by atoms with Crippen molar-refractivity contribution in [1.29, 1.82) is 0 Å². The topological polar surface area (TPSA) is 52.4 Å². The van der Waals surface area contributed by atoms with Crippen molar-refractivity contribution < 1.29 is 14.1 Å². The molecule has 0 atom stereocenters. The predicted octanol–water partition coefficient (Wildman–Crippen LogP) is 2.91. The van der Waals surface area contributed by atoms with E-state index in [1.54, 1.807) is 13.8 Å². The smallest absolute Gasteiger partial charge is 0.310 e. The summed E-state index contributed by atoms with van der Waals surface area (Å²) >= 11 is 0. The summed E-state index contributed by atoms with van der Waals surface area (Å²) in [4.78, 5) is 10.2. The first kappa shape index (κ1) is 12.4. The van der Waals surface area contributed by atoms with Gasteiger partial charge < -0.3 is 4.74 Å². The van der Waals surface area contributed by atoms with Gasteiger partial charge in [-0.15, -0.1) is 0 Å². The van der Waals surface area contributed by atoms with Crippen LogP contribution in [0.2, 0.25) is 0 Å². The summed E-state index contributed by atoms with van der Waals surface area (Å²) in [5, 5.41) is 10.7. The number of nitrogens with zero attached hydrogens (tertiary/aromatic N) is 1. The Labute approximate surface area is 93.2 Å². The Hall–Kier alpha value is -1.65. The molecule has 4 nitrogen and oxygen atoms in total. The monoisotopic (exact) mass is 226 g/mol. The van der Waals surface area contributed by atoms with Gasteiger partial charge in [-0.25, -0.2) is 0 Å². The minimum Gasteiger partial charge on any atom is -0.487 e. The summed E-state index contributed by atoms with van der Waals surface area (Å²) in [6, 6.07) is 4.35. The Morgan fingerprint density at radius 3 is 2.75 bits per heavy atom. The Bertz CT molecular complexity index is 381. The third-order valence-electron chi connectivity index (χ3n) is 2.15. The van der Waals surface area contributed by atoms with Crippen LogP contribution in [-0.4, -0.2) is 18.2 Å². The van der Waals surface area contributed by atoms with Crippen LogP contribution in [0.1, 0.15) is 19.4 Å². The molecule has 0 unspecified atom stereocenters. The first-order chi connectivity index (χ1) is 7.60. The molecule has 0 aliphatic rings. The maximum Gasteiger partial charge on any atom is 0.310 e. The number of rotatable bonds is 5. The van der Waals surface area contributed by atoms with E-state index in [0.717, 1.165) is 0 Å². The highest BCUT2D eigenvalue weighted by molar-refractivity contribution is 5.51. The summed E-state index contributed by atoms with van der Waals surface area (Å²) in [6.07, 6.45) is 0. The summed E-state index contributed by atoms with van der Waals surface area (Å²) in [5.41, 5.74) is 0.522. The standard InChI is InChI=1S/C11H13FNO3/c1-3-16-11-6-9(8(2)7-12)4-5-10(11)13(14)15/h4-6H,3,7H2,1-2H3. The molecule has 0 heterocycles. The fraction of sp³-hybridized carbons (Fsp3) is 0.364. The van der Waals surface area contributed by atoms with Gasteiger partial charge in [-0.1, -0.05) is 13.0 Å². The lowest BCUT2D eigenvalue weighted by atomic mass is 10.0. The van der Waals surface area contributed by atoms with Crippen molar-refractivity contribution in [2.45, 2.75) is 13.8 Å². The second kappa shape index (κ2) is 5.44. The third-order valence-corrected chi connectivity index (χ3v) is 2.15. The Morgan fingerprint density at radius 1 is 1.56 bits per heavy atom. The molecule has 0 fully saturated rings. The van der Waals surface area contributed by atoms with E-state index in [1.165, 1.54) is 18.2 Å². The van der Waals surface area contributed by atoms with Gasteiger partial charge in [0.05, 0.1) is 18.2 Å². The van der Waals surface area contributed by atoms with Gasteiger partial charge in [0.15, 0.2) is 5.75 Å². The fourth-order valence-electron chi connectivity index (χ4n) is 1.28. The summed E-state index contributed by atoms with van der Waals surface area (Å²) in [5.74, 6) is 0.702. The van der Waals surface area contributed by atoms with Crippen LogP contribution in [-0.2, 0) is 0 Å². The quantitative estimate of drug-likeness (QED) is 0.573. The second-order valence-corrected chi connectivity index (χ2v) is 3.29. The van der Waals surface area contributed by atoms with Crippen LogP contribution >= 0.6 is 0 Å². The van der Waals surface area contributed by atoms with Gasteiger partial charge in [-0.3, -0.25) is 14.5 Å². The molecule has 16 heavy (non-hydrogen) atoms. The van der Waals surface area contributed by atoms with E-state index < -0.39 is 11.6 Å². The Kier molecular flexibility index (Phi) is 4.22. The molecule has 0 saturated heterocycles. The van der Waals surface area contributed by atoms with Crippen LogP contribution in [0.5, 0.6) is 5.75 Å². The fourth-order valence-corrected chi connectivity index (χ4v) is 1.28. The van der Waals surface area contributed by atoms with Gasteiger partial charge in [0.25, 0.3) is 0 Å². The number of halogens is 1. The molecule has 0 N–H and O–H groups in total. The largest absolute Gasteiger partial charge is 0.487 e. The number of hydrogen-bond donors (Lipinski definition) is 0. The zero-order valence-corrected chi connectivity index (χ0v) is 9.20. The highest BCUT2D eigenvalue weighted by Crippen LogP contribution is 2.30. The molecular formula is C11H13FNO3. The molecule has 1 rings (SSSR count). The van der Waals surface area contributed by atoms with Crippen LogP contribution in [0.25, 0.3) is 0 Å². The lowest BCUT2D eigenvalue weighted by Crippen LogP contribution is -2.01. The van der Waals surface area contributed by atoms with E-state index in [0.29, 0.717) is 18.1 Å². The summed E-state index contributed by atoms with van der Waals surface area (Å²) < 4.78 is 17.6. The van der Waals surface area contributed by atoms with Gasteiger partial charge in [-0.05, 0) is 18.6 Å². The molecule has 87 valence electrons. The second-order valence-electron chi connectivity index (χ2n) is 3.29. The molecule has 0 aliphatic carbocycles. The lowest BCUT2D eigenvalue weighted by molar-refractivity contribution is -0.385. The van der Waals surface area contributed by atoms with Crippen molar-refractivity contribution in [2.24, 2.45) is 0 Å². The van der Waals surface area contributed by atoms with E-state index in [1.807, 2.05) is 0 Å². The van der Waals surface area contributed by atoms with Crippen molar-refractivity contribution in [3.63, 3.8) is 0 Å². The third kappa shape index (κ3) is 2.68. The van der Waals surface area contributed by atoms with E-state index in [9.17, 15) is 14.5 Å². The van der Waals surface area contributed by atoms with Crippen LogP contribution in [0.15, 0.2) is 18.2 Å². The highest BCUT2D eigenvalue weighted by Gasteiger charge is 2.17. The molecule has 0 saturated carbocycles.